The third-order valence-electron chi connectivity index (χ3n) is 2.85. The molecule has 6 nitrogen and oxygen atoms in total. The zero-order valence-electron chi connectivity index (χ0n) is 9.48. The minimum Gasteiger partial charge on any atom is -0.335 e. The van der Waals surface area contributed by atoms with Crippen LogP contribution in [0.3, 0.4) is 0 Å². The van der Waals surface area contributed by atoms with Crippen LogP contribution in [0.1, 0.15) is 19.3 Å². The summed E-state index contributed by atoms with van der Waals surface area (Å²) in [6, 6.07) is 3.73. The minimum absolute atomic E-state index is 0.113. The maximum atomic E-state index is 11.6. The fraction of sp³-hybridized carbons (Fsp3) is 0.364. The molecule has 1 aliphatic rings. The largest absolute Gasteiger partial charge is 0.335 e. The third kappa shape index (κ3) is 2.89. The molecule has 0 aromatic heterocycles. The van der Waals surface area contributed by atoms with Crippen molar-refractivity contribution in [3.63, 3.8) is 0 Å². The van der Waals surface area contributed by atoms with Gasteiger partial charge in [0.25, 0.3) is 5.69 Å². The molecule has 2 N–H and O–H groups in total. The lowest BCUT2D eigenvalue weighted by Gasteiger charge is -2.26. The van der Waals surface area contributed by atoms with Gasteiger partial charge in [-0.25, -0.2) is 4.79 Å². The van der Waals surface area contributed by atoms with Crippen LogP contribution in [0.4, 0.5) is 16.2 Å². The molecule has 0 saturated heterocycles. The number of hydrogen-bond donors (Lipinski definition) is 2. The Labute approximate surface area is 108 Å². The van der Waals surface area contributed by atoms with Crippen LogP contribution in [0.2, 0.25) is 5.02 Å². The van der Waals surface area contributed by atoms with Gasteiger partial charge in [0, 0.05) is 18.2 Å². The van der Waals surface area contributed by atoms with E-state index in [1.165, 1.54) is 18.2 Å². The van der Waals surface area contributed by atoms with Crippen molar-refractivity contribution in [2.24, 2.45) is 0 Å². The topological polar surface area (TPSA) is 84.3 Å². The van der Waals surface area contributed by atoms with Gasteiger partial charge in [-0.1, -0.05) is 11.6 Å². The molecule has 96 valence electrons. The molecule has 0 atom stereocenters. The number of nitro benzene ring substituents is 1. The Morgan fingerprint density at radius 3 is 2.72 bits per heavy atom. The first-order chi connectivity index (χ1) is 8.56. The second-order valence-electron chi connectivity index (χ2n) is 4.15. The van der Waals surface area contributed by atoms with E-state index >= 15 is 0 Å². The third-order valence-corrected chi connectivity index (χ3v) is 3.18. The summed E-state index contributed by atoms with van der Waals surface area (Å²) in [4.78, 5) is 21.7. The van der Waals surface area contributed by atoms with E-state index in [-0.39, 0.29) is 28.5 Å². The second kappa shape index (κ2) is 5.22. The van der Waals surface area contributed by atoms with Crippen molar-refractivity contribution < 1.29 is 9.72 Å². The number of carbonyl (C=O) groups is 1. The van der Waals surface area contributed by atoms with E-state index in [1.807, 2.05) is 0 Å². The monoisotopic (exact) mass is 269 g/mol. The van der Waals surface area contributed by atoms with E-state index < -0.39 is 4.92 Å². The molecule has 1 saturated carbocycles. The SMILES string of the molecule is O=C(Nc1cc([N+](=O)[O-])ccc1Cl)NC1CCC1. The first-order valence-corrected chi connectivity index (χ1v) is 5.95. The number of anilines is 1. The van der Waals surface area contributed by atoms with Crippen molar-refractivity contribution in [2.45, 2.75) is 25.3 Å². The summed E-state index contributed by atoms with van der Waals surface area (Å²) in [6.07, 6.45) is 3.05. The maximum absolute atomic E-state index is 11.6. The van der Waals surface area contributed by atoms with Gasteiger partial charge in [-0.2, -0.15) is 0 Å². The quantitative estimate of drug-likeness (QED) is 0.653. The smallest absolute Gasteiger partial charge is 0.319 e. The standard InChI is InChI=1S/C11H12ClN3O3/c12-9-5-4-8(15(17)18)6-10(9)14-11(16)13-7-2-1-3-7/h4-7H,1-3H2,(H2,13,14,16). The molecule has 7 heteroatoms. The number of nitro groups is 1. The van der Waals surface area contributed by atoms with E-state index in [0.29, 0.717) is 0 Å². The van der Waals surface area contributed by atoms with E-state index in [9.17, 15) is 14.9 Å². The number of non-ortho nitro benzene ring substituents is 1. The molecule has 1 aromatic rings. The van der Waals surface area contributed by atoms with Crippen LogP contribution in [0, 0.1) is 10.1 Å². The minimum atomic E-state index is -0.536. The van der Waals surface area contributed by atoms with Crippen LogP contribution in [0.15, 0.2) is 18.2 Å². The zero-order valence-corrected chi connectivity index (χ0v) is 10.2. The van der Waals surface area contributed by atoms with Gasteiger partial charge in [0.15, 0.2) is 0 Å². The summed E-state index contributed by atoms with van der Waals surface area (Å²) < 4.78 is 0. The highest BCUT2D eigenvalue weighted by molar-refractivity contribution is 6.33. The molecular formula is C11H12ClN3O3. The summed E-state index contributed by atoms with van der Waals surface area (Å²) in [7, 11) is 0. The number of benzene rings is 1. The first-order valence-electron chi connectivity index (χ1n) is 5.58. The van der Waals surface area contributed by atoms with Gasteiger partial charge >= 0.3 is 6.03 Å². The summed E-state index contributed by atoms with van der Waals surface area (Å²) in [6.45, 7) is 0. The Balaban J connectivity index is 2.04. The lowest BCUT2D eigenvalue weighted by atomic mass is 9.93. The number of nitrogens with one attached hydrogen (secondary N) is 2. The number of hydrogen-bond acceptors (Lipinski definition) is 3. The highest BCUT2D eigenvalue weighted by Gasteiger charge is 2.20. The molecule has 0 spiro atoms. The van der Waals surface area contributed by atoms with Crippen molar-refractivity contribution in [1.29, 1.82) is 0 Å². The normalized spacial score (nSPS) is 14.7. The Kier molecular flexibility index (Phi) is 3.66. The molecule has 18 heavy (non-hydrogen) atoms. The van der Waals surface area contributed by atoms with Gasteiger partial charge in [-0.15, -0.1) is 0 Å². The summed E-state index contributed by atoms with van der Waals surface area (Å²) in [5.74, 6) is 0. The van der Waals surface area contributed by atoms with E-state index in [4.69, 9.17) is 11.6 Å². The van der Waals surface area contributed by atoms with Crippen LogP contribution in [-0.4, -0.2) is 17.0 Å². The Bertz CT molecular complexity index is 488. The first kappa shape index (κ1) is 12.6. The number of nitrogens with zero attached hydrogens (tertiary/aromatic N) is 1. The molecule has 1 aliphatic carbocycles. The molecule has 1 fully saturated rings. The Hall–Kier alpha value is -1.82. The number of amides is 2. The molecule has 0 bridgehead atoms. The molecule has 0 heterocycles. The van der Waals surface area contributed by atoms with Crippen molar-refractivity contribution in [3.8, 4) is 0 Å². The lowest BCUT2D eigenvalue weighted by Crippen LogP contribution is -2.41. The maximum Gasteiger partial charge on any atom is 0.319 e. The van der Waals surface area contributed by atoms with Gasteiger partial charge in [0.1, 0.15) is 0 Å². The Morgan fingerprint density at radius 2 is 2.17 bits per heavy atom. The molecule has 2 amide bonds. The fourth-order valence-electron chi connectivity index (χ4n) is 1.62. The predicted molar refractivity (Wildman–Crippen MR) is 67.9 cm³/mol. The number of carbonyl (C=O) groups excluding carboxylic acids is 1. The zero-order chi connectivity index (χ0) is 13.1. The van der Waals surface area contributed by atoms with Crippen LogP contribution >= 0.6 is 11.6 Å². The summed E-state index contributed by atoms with van der Waals surface area (Å²) in [5.41, 5.74) is 0.126. The summed E-state index contributed by atoms with van der Waals surface area (Å²) >= 11 is 5.86. The van der Waals surface area contributed by atoms with Gasteiger partial charge < -0.3 is 10.6 Å². The molecule has 1 aromatic carbocycles. The molecule has 0 aliphatic heterocycles. The van der Waals surface area contributed by atoms with Gasteiger partial charge in [0.05, 0.1) is 15.6 Å². The average Bonchev–Trinajstić information content (AvgIpc) is 2.26. The predicted octanol–water partition coefficient (Wildman–Crippen LogP) is 2.92. The van der Waals surface area contributed by atoms with E-state index in [2.05, 4.69) is 10.6 Å². The van der Waals surface area contributed by atoms with Crippen LogP contribution in [-0.2, 0) is 0 Å². The van der Waals surface area contributed by atoms with Crippen LogP contribution < -0.4 is 10.6 Å². The lowest BCUT2D eigenvalue weighted by molar-refractivity contribution is -0.384. The number of halogens is 1. The van der Waals surface area contributed by atoms with Crippen LogP contribution in [0.25, 0.3) is 0 Å². The highest BCUT2D eigenvalue weighted by atomic mass is 35.5. The van der Waals surface area contributed by atoms with Crippen molar-refractivity contribution >= 4 is 29.0 Å². The number of rotatable bonds is 3. The molecule has 0 radical (unpaired) electrons. The molecule has 2 rings (SSSR count). The Morgan fingerprint density at radius 1 is 1.44 bits per heavy atom. The van der Waals surface area contributed by atoms with Crippen molar-refractivity contribution in [1.82, 2.24) is 5.32 Å². The number of urea groups is 1. The molecular weight excluding hydrogens is 258 g/mol. The van der Waals surface area contributed by atoms with Crippen LogP contribution in [0.5, 0.6) is 0 Å². The van der Waals surface area contributed by atoms with Crippen molar-refractivity contribution in [2.75, 3.05) is 5.32 Å². The van der Waals surface area contributed by atoms with Crippen molar-refractivity contribution in [3.05, 3.63) is 33.3 Å². The fourth-order valence-corrected chi connectivity index (χ4v) is 1.78. The van der Waals surface area contributed by atoms with E-state index in [1.54, 1.807) is 0 Å². The van der Waals surface area contributed by atoms with Gasteiger partial charge in [0.2, 0.25) is 0 Å². The highest BCUT2D eigenvalue weighted by Crippen LogP contribution is 2.26. The average molecular weight is 270 g/mol. The second-order valence-corrected chi connectivity index (χ2v) is 4.55. The van der Waals surface area contributed by atoms with Gasteiger partial charge in [-0.3, -0.25) is 10.1 Å². The summed E-state index contributed by atoms with van der Waals surface area (Å²) in [5, 5.41) is 16.2. The van der Waals surface area contributed by atoms with Gasteiger partial charge in [-0.05, 0) is 25.3 Å². The molecule has 0 unspecified atom stereocenters. The van der Waals surface area contributed by atoms with E-state index in [0.717, 1.165) is 19.3 Å².